The number of carbonyl (C=O) groups is 1. The maximum atomic E-state index is 13.3. The van der Waals surface area contributed by atoms with Crippen molar-refractivity contribution in [3.63, 3.8) is 0 Å². The number of nitrogens with zero attached hydrogens (tertiary/aromatic N) is 3. The molecule has 1 fully saturated rings. The SMILES string of the molecule is NC(=O)C1CC(S(=O)(=O)c2ccccc2C(F)(F)F)CN1c1ccnc(Cl)n1. The molecule has 28 heavy (non-hydrogen) atoms. The summed E-state index contributed by atoms with van der Waals surface area (Å²) in [5, 5.41) is -1.42. The fourth-order valence-electron chi connectivity index (χ4n) is 3.16. The second-order valence-corrected chi connectivity index (χ2v) is 8.69. The summed E-state index contributed by atoms with van der Waals surface area (Å²) in [7, 11) is -4.42. The van der Waals surface area contributed by atoms with Gasteiger partial charge in [-0.3, -0.25) is 4.79 Å². The van der Waals surface area contributed by atoms with Crippen LogP contribution in [-0.4, -0.2) is 42.1 Å². The molecule has 2 atom stereocenters. The van der Waals surface area contributed by atoms with Crippen LogP contribution in [0.15, 0.2) is 41.4 Å². The Kier molecular flexibility index (Phi) is 5.24. The van der Waals surface area contributed by atoms with Crippen molar-refractivity contribution in [2.24, 2.45) is 5.73 Å². The number of hydrogen-bond acceptors (Lipinski definition) is 6. The zero-order valence-electron chi connectivity index (χ0n) is 14.1. The molecule has 1 aromatic carbocycles. The lowest BCUT2D eigenvalue weighted by atomic mass is 10.2. The van der Waals surface area contributed by atoms with Crippen molar-refractivity contribution in [3.8, 4) is 0 Å². The van der Waals surface area contributed by atoms with Crippen LogP contribution in [0.25, 0.3) is 0 Å². The zero-order chi connectivity index (χ0) is 20.7. The molecule has 0 bridgehead atoms. The monoisotopic (exact) mass is 434 g/mol. The summed E-state index contributed by atoms with van der Waals surface area (Å²) in [6, 6.07) is 4.27. The average molecular weight is 435 g/mol. The molecule has 2 unspecified atom stereocenters. The summed E-state index contributed by atoms with van der Waals surface area (Å²) >= 11 is 5.74. The molecule has 2 N–H and O–H groups in total. The second-order valence-electron chi connectivity index (χ2n) is 6.15. The van der Waals surface area contributed by atoms with E-state index >= 15 is 0 Å². The molecule has 1 saturated heterocycles. The number of alkyl halides is 3. The number of sulfone groups is 1. The number of nitrogens with two attached hydrogens (primary N) is 1. The summed E-state index contributed by atoms with van der Waals surface area (Å²) in [5.74, 6) is -0.665. The molecule has 0 saturated carbocycles. The van der Waals surface area contributed by atoms with Gasteiger partial charge in [-0.2, -0.15) is 13.2 Å². The number of primary amides is 1. The minimum atomic E-state index is -4.84. The van der Waals surface area contributed by atoms with Crippen molar-refractivity contribution in [2.45, 2.75) is 28.8 Å². The maximum Gasteiger partial charge on any atom is 0.417 e. The van der Waals surface area contributed by atoms with E-state index in [-0.39, 0.29) is 24.1 Å². The largest absolute Gasteiger partial charge is 0.417 e. The molecule has 1 aliphatic rings. The van der Waals surface area contributed by atoms with Gasteiger partial charge >= 0.3 is 6.18 Å². The Morgan fingerprint density at radius 2 is 1.93 bits per heavy atom. The van der Waals surface area contributed by atoms with Gasteiger partial charge in [0.2, 0.25) is 11.2 Å². The highest BCUT2D eigenvalue weighted by Gasteiger charge is 2.46. The Bertz CT molecular complexity index is 1020. The van der Waals surface area contributed by atoms with E-state index in [2.05, 4.69) is 9.97 Å². The standard InChI is InChI=1S/C16H14ClF3N4O3S/c17-15-22-6-5-13(23-15)24-8-9(7-11(24)14(21)25)28(26,27)12-4-2-1-3-10(12)16(18,19)20/h1-6,9,11H,7-8H2,(H2,21,25). The van der Waals surface area contributed by atoms with Crippen LogP contribution < -0.4 is 10.6 Å². The molecular formula is C16H14ClF3N4O3S. The normalized spacial score (nSPS) is 20.4. The molecule has 150 valence electrons. The third-order valence-electron chi connectivity index (χ3n) is 4.43. The summed E-state index contributed by atoms with van der Waals surface area (Å²) in [6.07, 6.45) is -3.81. The number of rotatable bonds is 4. The van der Waals surface area contributed by atoms with Crippen molar-refractivity contribution in [3.05, 3.63) is 47.4 Å². The van der Waals surface area contributed by atoms with Crippen molar-refractivity contribution in [2.75, 3.05) is 11.4 Å². The van der Waals surface area contributed by atoms with Crippen LogP contribution in [-0.2, 0) is 20.8 Å². The van der Waals surface area contributed by atoms with E-state index in [9.17, 15) is 26.4 Å². The number of hydrogen-bond donors (Lipinski definition) is 1. The van der Waals surface area contributed by atoms with Crippen LogP contribution in [0.3, 0.4) is 0 Å². The Hall–Kier alpha value is -2.40. The van der Waals surface area contributed by atoms with Crippen LogP contribution in [0.4, 0.5) is 19.0 Å². The highest BCUT2D eigenvalue weighted by atomic mass is 35.5. The molecule has 1 aromatic heterocycles. The first-order chi connectivity index (χ1) is 13.0. The molecule has 0 radical (unpaired) electrons. The summed E-state index contributed by atoms with van der Waals surface area (Å²) in [5.41, 5.74) is 4.12. The van der Waals surface area contributed by atoms with E-state index in [0.717, 1.165) is 12.1 Å². The van der Waals surface area contributed by atoms with E-state index in [0.29, 0.717) is 6.07 Å². The van der Waals surface area contributed by atoms with Crippen LogP contribution >= 0.6 is 11.6 Å². The molecule has 3 rings (SSSR count). The van der Waals surface area contributed by atoms with E-state index in [1.807, 2.05) is 0 Å². The molecule has 0 spiro atoms. The lowest BCUT2D eigenvalue weighted by Gasteiger charge is -2.23. The predicted octanol–water partition coefficient (Wildman–Crippen LogP) is 2.06. The first-order valence-electron chi connectivity index (χ1n) is 7.96. The van der Waals surface area contributed by atoms with E-state index in [4.69, 9.17) is 17.3 Å². The molecule has 2 heterocycles. The van der Waals surface area contributed by atoms with Crippen molar-refractivity contribution in [1.82, 2.24) is 9.97 Å². The number of amides is 1. The quantitative estimate of drug-likeness (QED) is 0.738. The second kappa shape index (κ2) is 7.21. The topological polar surface area (TPSA) is 106 Å². The van der Waals surface area contributed by atoms with Gasteiger partial charge in [0.1, 0.15) is 11.9 Å². The molecule has 1 amide bonds. The summed E-state index contributed by atoms with van der Waals surface area (Å²) < 4.78 is 65.8. The van der Waals surface area contributed by atoms with Gasteiger partial charge in [0.05, 0.1) is 15.7 Å². The van der Waals surface area contributed by atoms with Crippen molar-refractivity contribution in [1.29, 1.82) is 0 Å². The zero-order valence-corrected chi connectivity index (χ0v) is 15.7. The first kappa shape index (κ1) is 20.3. The smallest absolute Gasteiger partial charge is 0.368 e. The highest BCUT2D eigenvalue weighted by Crippen LogP contribution is 2.38. The first-order valence-corrected chi connectivity index (χ1v) is 9.89. The van der Waals surface area contributed by atoms with Gasteiger partial charge < -0.3 is 10.6 Å². The lowest BCUT2D eigenvalue weighted by molar-refractivity contribution is -0.139. The Labute approximate surface area is 163 Å². The van der Waals surface area contributed by atoms with Crippen LogP contribution in [0.5, 0.6) is 0 Å². The molecule has 7 nitrogen and oxygen atoms in total. The lowest BCUT2D eigenvalue weighted by Crippen LogP contribution is -2.40. The molecule has 12 heteroatoms. The van der Waals surface area contributed by atoms with Gasteiger partial charge in [0.25, 0.3) is 0 Å². The fourth-order valence-corrected chi connectivity index (χ4v) is 5.21. The van der Waals surface area contributed by atoms with Gasteiger partial charge in [-0.15, -0.1) is 0 Å². The van der Waals surface area contributed by atoms with Gasteiger partial charge in [0, 0.05) is 12.7 Å². The number of carbonyl (C=O) groups excluding carboxylic acids is 1. The molecule has 1 aliphatic heterocycles. The van der Waals surface area contributed by atoms with Crippen LogP contribution in [0.2, 0.25) is 5.28 Å². The average Bonchev–Trinajstić information content (AvgIpc) is 3.07. The van der Waals surface area contributed by atoms with E-state index < -0.39 is 43.7 Å². The Morgan fingerprint density at radius 1 is 1.25 bits per heavy atom. The Morgan fingerprint density at radius 3 is 2.54 bits per heavy atom. The summed E-state index contributed by atoms with van der Waals surface area (Å²) in [4.78, 5) is 19.9. The molecule has 2 aromatic rings. The number of anilines is 1. The van der Waals surface area contributed by atoms with Gasteiger partial charge in [-0.05, 0) is 36.2 Å². The maximum absolute atomic E-state index is 13.3. The molecular weight excluding hydrogens is 421 g/mol. The van der Waals surface area contributed by atoms with Gasteiger partial charge in [-0.1, -0.05) is 12.1 Å². The number of benzene rings is 1. The summed E-state index contributed by atoms with van der Waals surface area (Å²) in [6.45, 7) is -0.268. The molecule has 0 aliphatic carbocycles. The Balaban J connectivity index is 2.02. The van der Waals surface area contributed by atoms with Crippen LogP contribution in [0, 0.1) is 0 Å². The van der Waals surface area contributed by atoms with E-state index in [1.54, 1.807) is 0 Å². The van der Waals surface area contributed by atoms with Crippen LogP contribution in [0.1, 0.15) is 12.0 Å². The van der Waals surface area contributed by atoms with Gasteiger partial charge in [0.15, 0.2) is 9.84 Å². The number of aromatic nitrogens is 2. The number of halogens is 4. The van der Waals surface area contributed by atoms with E-state index in [1.165, 1.54) is 23.2 Å². The predicted molar refractivity (Wildman–Crippen MR) is 94.4 cm³/mol. The minimum Gasteiger partial charge on any atom is -0.368 e. The van der Waals surface area contributed by atoms with Crippen molar-refractivity contribution >= 4 is 33.2 Å². The fraction of sp³-hybridized carbons (Fsp3) is 0.312. The van der Waals surface area contributed by atoms with Gasteiger partial charge in [-0.25, -0.2) is 18.4 Å². The third-order valence-corrected chi connectivity index (χ3v) is 6.81. The third kappa shape index (κ3) is 3.76. The van der Waals surface area contributed by atoms with Crippen molar-refractivity contribution < 1.29 is 26.4 Å². The minimum absolute atomic E-state index is 0.130. The highest BCUT2D eigenvalue weighted by molar-refractivity contribution is 7.92.